The summed E-state index contributed by atoms with van der Waals surface area (Å²) >= 11 is 0. The number of fused-ring (bicyclic) bond motifs is 3. The number of amides is 2. The summed E-state index contributed by atoms with van der Waals surface area (Å²) in [4.78, 5) is 27.4. The van der Waals surface area contributed by atoms with Crippen LogP contribution in [-0.2, 0) is 11.4 Å². The van der Waals surface area contributed by atoms with Gasteiger partial charge in [0.05, 0.1) is 6.04 Å². The molecule has 1 aliphatic heterocycles. The van der Waals surface area contributed by atoms with Crippen LogP contribution in [0.1, 0.15) is 38.7 Å². The van der Waals surface area contributed by atoms with Crippen LogP contribution in [0.5, 0.6) is 11.5 Å². The van der Waals surface area contributed by atoms with E-state index in [1.54, 1.807) is 6.20 Å². The topological polar surface area (TPSA) is 110 Å². The number of nitrogens with one attached hydrogen (secondary N) is 2. The van der Waals surface area contributed by atoms with Crippen LogP contribution >= 0.6 is 0 Å². The lowest BCUT2D eigenvalue weighted by molar-refractivity contribution is -0.117. The summed E-state index contributed by atoms with van der Waals surface area (Å²) in [5.74, 6) is 2.31. The summed E-state index contributed by atoms with van der Waals surface area (Å²) in [6.45, 7) is 4.70. The van der Waals surface area contributed by atoms with Gasteiger partial charge in [-0.1, -0.05) is 13.8 Å². The zero-order valence-corrected chi connectivity index (χ0v) is 17.7. The molecule has 2 heterocycles. The normalized spacial score (nSPS) is 15.3. The van der Waals surface area contributed by atoms with E-state index in [4.69, 9.17) is 14.6 Å². The predicted octanol–water partition coefficient (Wildman–Crippen LogP) is 4.05. The van der Waals surface area contributed by atoms with E-state index in [0.29, 0.717) is 36.3 Å². The maximum atomic E-state index is 12.1. The molecule has 1 aromatic carbocycles. The number of carbonyl (C=O) groups excluding carboxylic acids is 1. The van der Waals surface area contributed by atoms with Gasteiger partial charge in [0.1, 0.15) is 30.5 Å². The van der Waals surface area contributed by atoms with Crippen LogP contribution in [0.25, 0.3) is 11.1 Å². The van der Waals surface area contributed by atoms with Crippen molar-refractivity contribution in [3.05, 3.63) is 36.0 Å². The second-order valence-corrected chi connectivity index (χ2v) is 8.52. The minimum Gasteiger partial charge on any atom is -0.491 e. The summed E-state index contributed by atoms with van der Waals surface area (Å²) in [6.07, 6.45) is 3.24. The van der Waals surface area contributed by atoms with Crippen molar-refractivity contribution in [2.75, 3.05) is 11.9 Å². The number of anilines is 1. The maximum Gasteiger partial charge on any atom is 0.404 e. The SMILES string of the molecule is CC(C)CC(COc1ccc2c(c1)OCc1cnc(NC(=O)C3CC3)cc1-2)NC(=O)O. The van der Waals surface area contributed by atoms with Crippen LogP contribution in [0.3, 0.4) is 0 Å². The number of hydrogen-bond donors (Lipinski definition) is 3. The molecular weight excluding hydrogens is 398 g/mol. The molecule has 1 fully saturated rings. The van der Waals surface area contributed by atoms with E-state index in [0.717, 1.165) is 29.5 Å². The van der Waals surface area contributed by atoms with E-state index in [1.165, 1.54) is 0 Å². The Morgan fingerprint density at radius 1 is 1.26 bits per heavy atom. The quantitative estimate of drug-likeness (QED) is 0.589. The first-order chi connectivity index (χ1) is 14.9. The van der Waals surface area contributed by atoms with Crippen molar-refractivity contribution in [2.24, 2.45) is 11.8 Å². The lowest BCUT2D eigenvalue weighted by Crippen LogP contribution is -2.39. The van der Waals surface area contributed by atoms with Gasteiger partial charge in [-0.25, -0.2) is 9.78 Å². The first-order valence-electron chi connectivity index (χ1n) is 10.6. The number of nitrogens with zero attached hydrogens (tertiary/aromatic N) is 1. The Hall–Kier alpha value is -3.29. The van der Waals surface area contributed by atoms with E-state index >= 15 is 0 Å². The molecule has 2 amide bonds. The van der Waals surface area contributed by atoms with Crippen molar-refractivity contribution in [3.8, 4) is 22.6 Å². The highest BCUT2D eigenvalue weighted by molar-refractivity contribution is 5.94. The number of carboxylic acid groups (broad SMARTS) is 1. The summed E-state index contributed by atoms with van der Waals surface area (Å²) in [7, 11) is 0. The molecule has 0 spiro atoms. The Bertz CT molecular complexity index is 987. The predicted molar refractivity (Wildman–Crippen MR) is 115 cm³/mol. The van der Waals surface area contributed by atoms with E-state index < -0.39 is 6.09 Å². The van der Waals surface area contributed by atoms with Gasteiger partial charge < -0.3 is 25.2 Å². The molecule has 8 nitrogen and oxygen atoms in total. The number of benzene rings is 1. The zero-order valence-electron chi connectivity index (χ0n) is 17.7. The number of carbonyl (C=O) groups is 2. The van der Waals surface area contributed by atoms with Gasteiger partial charge in [-0.15, -0.1) is 0 Å². The molecule has 1 atom stereocenters. The van der Waals surface area contributed by atoms with Crippen LogP contribution in [-0.4, -0.2) is 34.7 Å². The molecule has 2 aliphatic rings. The molecule has 4 rings (SSSR count). The van der Waals surface area contributed by atoms with Gasteiger partial charge in [0, 0.05) is 29.3 Å². The Morgan fingerprint density at radius 2 is 2.06 bits per heavy atom. The Balaban J connectivity index is 1.48. The Morgan fingerprint density at radius 3 is 2.77 bits per heavy atom. The van der Waals surface area contributed by atoms with Crippen molar-refractivity contribution in [1.82, 2.24) is 10.3 Å². The van der Waals surface area contributed by atoms with Gasteiger partial charge in [0.2, 0.25) is 5.91 Å². The molecule has 8 heteroatoms. The van der Waals surface area contributed by atoms with Gasteiger partial charge in [-0.05, 0) is 48.9 Å². The Labute approximate surface area is 181 Å². The fraction of sp³-hybridized carbons (Fsp3) is 0.435. The molecule has 31 heavy (non-hydrogen) atoms. The van der Waals surface area contributed by atoms with E-state index in [2.05, 4.69) is 15.6 Å². The largest absolute Gasteiger partial charge is 0.491 e. The van der Waals surface area contributed by atoms with Gasteiger partial charge in [-0.3, -0.25) is 4.79 Å². The second-order valence-electron chi connectivity index (χ2n) is 8.52. The first-order valence-corrected chi connectivity index (χ1v) is 10.6. The Kier molecular flexibility index (Phi) is 5.97. The van der Waals surface area contributed by atoms with Crippen LogP contribution in [0, 0.1) is 11.8 Å². The molecule has 0 bridgehead atoms. The molecule has 0 saturated heterocycles. The summed E-state index contributed by atoms with van der Waals surface area (Å²) in [5.41, 5.74) is 2.83. The van der Waals surface area contributed by atoms with Gasteiger partial charge in [0.25, 0.3) is 0 Å². The third-order valence-corrected chi connectivity index (χ3v) is 5.35. The minimum atomic E-state index is -1.06. The van der Waals surface area contributed by atoms with Crippen molar-refractivity contribution in [1.29, 1.82) is 0 Å². The number of aromatic nitrogens is 1. The molecule has 1 saturated carbocycles. The number of hydrogen-bond acceptors (Lipinski definition) is 5. The second kappa shape index (κ2) is 8.83. The first kappa shape index (κ1) is 21.0. The highest BCUT2D eigenvalue weighted by Gasteiger charge is 2.30. The smallest absolute Gasteiger partial charge is 0.404 e. The molecule has 1 aliphatic carbocycles. The maximum absolute atomic E-state index is 12.1. The zero-order chi connectivity index (χ0) is 22.0. The van der Waals surface area contributed by atoms with Crippen LogP contribution in [0.4, 0.5) is 10.6 Å². The third-order valence-electron chi connectivity index (χ3n) is 5.35. The number of ether oxygens (including phenoxy) is 2. The van der Waals surface area contributed by atoms with Crippen molar-refractivity contribution >= 4 is 17.8 Å². The number of pyridine rings is 1. The lowest BCUT2D eigenvalue weighted by Gasteiger charge is -2.23. The number of rotatable bonds is 8. The molecule has 1 aromatic heterocycles. The molecule has 2 aromatic rings. The fourth-order valence-electron chi connectivity index (χ4n) is 3.69. The highest BCUT2D eigenvalue weighted by Crippen LogP contribution is 2.40. The van der Waals surface area contributed by atoms with Gasteiger partial charge in [-0.2, -0.15) is 0 Å². The van der Waals surface area contributed by atoms with E-state index in [9.17, 15) is 9.59 Å². The average Bonchev–Trinajstić information content (AvgIpc) is 3.56. The van der Waals surface area contributed by atoms with Gasteiger partial charge in [0.15, 0.2) is 0 Å². The van der Waals surface area contributed by atoms with E-state index in [1.807, 2.05) is 38.1 Å². The van der Waals surface area contributed by atoms with Crippen LogP contribution in [0.15, 0.2) is 30.5 Å². The molecule has 3 N–H and O–H groups in total. The average molecular weight is 425 g/mol. The van der Waals surface area contributed by atoms with Crippen molar-refractivity contribution < 1.29 is 24.2 Å². The highest BCUT2D eigenvalue weighted by atomic mass is 16.5. The standard InChI is InChI=1S/C23H27N3O5/c1-13(2)7-16(25-23(28)29)12-30-17-5-6-18-19-9-21(26-22(27)14-3-4-14)24-10-15(19)11-31-20(18)8-17/h5-6,8-10,13-14,16,25H,3-4,7,11-12H2,1-2H3,(H,28,29)(H,24,26,27). The summed E-state index contributed by atoms with van der Waals surface area (Å²) in [5, 5.41) is 14.4. The van der Waals surface area contributed by atoms with Crippen molar-refractivity contribution in [3.63, 3.8) is 0 Å². The summed E-state index contributed by atoms with van der Waals surface area (Å²) in [6, 6.07) is 7.16. The van der Waals surface area contributed by atoms with E-state index in [-0.39, 0.29) is 24.5 Å². The monoisotopic (exact) mass is 425 g/mol. The van der Waals surface area contributed by atoms with Crippen molar-refractivity contribution in [2.45, 2.75) is 45.8 Å². The van der Waals surface area contributed by atoms with Crippen LogP contribution in [0.2, 0.25) is 0 Å². The van der Waals surface area contributed by atoms with Crippen LogP contribution < -0.4 is 20.1 Å². The fourth-order valence-corrected chi connectivity index (χ4v) is 3.69. The molecule has 164 valence electrons. The minimum absolute atomic E-state index is 0.0226. The summed E-state index contributed by atoms with van der Waals surface area (Å²) < 4.78 is 11.7. The third kappa shape index (κ3) is 5.25. The van der Waals surface area contributed by atoms with Gasteiger partial charge >= 0.3 is 6.09 Å². The molecular formula is C23H27N3O5. The molecule has 0 radical (unpaired) electrons. The molecule has 1 unspecified atom stereocenters. The lowest BCUT2D eigenvalue weighted by atomic mass is 9.98.